The Labute approximate surface area is 198 Å². The third-order valence-corrected chi connectivity index (χ3v) is 5.54. The van der Waals surface area contributed by atoms with Crippen molar-refractivity contribution < 1.29 is 9.53 Å². The summed E-state index contributed by atoms with van der Waals surface area (Å²) in [5.74, 6) is -0.295. The summed E-state index contributed by atoms with van der Waals surface area (Å²) in [5, 5.41) is 0. The number of aryl methyl sites for hydroxylation is 1. The Hall–Kier alpha value is -2.65. The fourth-order valence-corrected chi connectivity index (χ4v) is 3.65. The van der Waals surface area contributed by atoms with E-state index in [0.29, 0.717) is 18.6 Å². The van der Waals surface area contributed by atoms with Gasteiger partial charge in [0.05, 0.1) is 12.2 Å². The number of hydrogen-bond donors (Lipinski definition) is 0. The van der Waals surface area contributed by atoms with Crippen LogP contribution in [0.25, 0.3) is 11.1 Å². The van der Waals surface area contributed by atoms with Crippen LogP contribution in [0.15, 0.2) is 72.9 Å². The number of unbranched alkanes of at least 4 members (excludes halogenated alkanes) is 5. The maximum Gasteiger partial charge on any atom is 0.338 e. The monoisotopic (exact) mass is 451 g/mol. The van der Waals surface area contributed by atoms with Crippen LogP contribution in [0.5, 0.6) is 0 Å². The summed E-state index contributed by atoms with van der Waals surface area (Å²) in [6.07, 6.45) is 11.5. The molecule has 0 atom stereocenters. The molecular formula is C28H34ClNO2. The van der Waals surface area contributed by atoms with E-state index in [9.17, 15) is 4.79 Å². The van der Waals surface area contributed by atoms with Crippen molar-refractivity contribution in [1.82, 2.24) is 4.98 Å². The summed E-state index contributed by atoms with van der Waals surface area (Å²) in [6.45, 7) is 2.59. The van der Waals surface area contributed by atoms with Crippen LogP contribution in [-0.2, 0) is 17.6 Å². The van der Waals surface area contributed by atoms with Gasteiger partial charge in [0, 0.05) is 18.3 Å². The maximum absolute atomic E-state index is 12.3. The molecule has 3 rings (SSSR count). The van der Waals surface area contributed by atoms with Gasteiger partial charge in [-0.05, 0) is 53.8 Å². The molecule has 0 aliphatic carbocycles. The minimum atomic E-state index is -0.295. The number of nitrogens with zero attached hydrogens (tertiary/aromatic N) is 1. The zero-order valence-electron chi connectivity index (χ0n) is 19.0. The molecule has 170 valence electrons. The van der Waals surface area contributed by atoms with Gasteiger partial charge in [0.15, 0.2) is 0 Å². The minimum absolute atomic E-state index is 0. The third kappa shape index (κ3) is 8.47. The van der Waals surface area contributed by atoms with Gasteiger partial charge in [-0.3, -0.25) is 4.98 Å². The summed E-state index contributed by atoms with van der Waals surface area (Å²) in [4.78, 5) is 16.5. The number of ether oxygens (including phenoxy) is 1. The highest BCUT2D eigenvalue weighted by molar-refractivity contribution is 5.90. The second-order valence-electron chi connectivity index (χ2n) is 8.00. The lowest BCUT2D eigenvalue weighted by Gasteiger charge is -2.07. The van der Waals surface area contributed by atoms with Gasteiger partial charge in [-0.25, -0.2) is 4.79 Å². The van der Waals surface area contributed by atoms with Crippen molar-refractivity contribution in [3.63, 3.8) is 0 Å². The van der Waals surface area contributed by atoms with E-state index in [1.54, 1.807) is 6.20 Å². The van der Waals surface area contributed by atoms with Gasteiger partial charge >= 0.3 is 5.97 Å². The molecule has 0 bridgehead atoms. The summed E-state index contributed by atoms with van der Waals surface area (Å²) in [5.41, 5.74) is 5.17. The SMILES string of the molecule is CCCCCCCCc1ccc(-c2ccc(C(=O)OCCc3ccccn3)cc2)cc1.Cl. The smallest absolute Gasteiger partial charge is 0.338 e. The van der Waals surface area contributed by atoms with Gasteiger partial charge in [0.2, 0.25) is 0 Å². The van der Waals surface area contributed by atoms with Crippen molar-refractivity contribution >= 4 is 18.4 Å². The Morgan fingerprint density at radius 2 is 1.44 bits per heavy atom. The Morgan fingerprint density at radius 3 is 2.09 bits per heavy atom. The molecule has 3 nitrogen and oxygen atoms in total. The highest BCUT2D eigenvalue weighted by Crippen LogP contribution is 2.21. The van der Waals surface area contributed by atoms with Crippen molar-refractivity contribution in [3.05, 3.63) is 89.7 Å². The van der Waals surface area contributed by atoms with Crippen LogP contribution in [0.2, 0.25) is 0 Å². The summed E-state index contributed by atoms with van der Waals surface area (Å²) < 4.78 is 5.38. The fourth-order valence-electron chi connectivity index (χ4n) is 3.65. The number of carbonyl (C=O) groups excluding carboxylic acids is 1. The molecule has 1 aromatic heterocycles. The number of esters is 1. The lowest BCUT2D eigenvalue weighted by Crippen LogP contribution is -2.08. The van der Waals surface area contributed by atoms with E-state index in [2.05, 4.69) is 36.2 Å². The number of pyridine rings is 1. The van der Waals surface area contributed by atoms with Gasteiger partial charge in [-0.2, -0.15) is 0 Å². The van der Waals surface area contributed by atoms with Gasteiger partial charge < -0.3 is 4.74 Å². The zero-order chi connectivity index (χ0) is 21.7. The van der Waals surface area contributed by atoms with Crippen LogP contribution in [0, 0.1) is 0 Å². The van der Waals surface area contributed by atoms with Crippen LogP contribution in [-0.4, -0.2) is 17.6 Å². The largest absolute Gasteiger partial charge is 0.462 e. The van der Waals surface area contributed by atoms with E-state index in [-0.39, 0.29) is 18.4 Å². The molecule has 1 heterocycles. The molecule has 0 fully saturated rings. The van der Waals surface area contributed by atoms with Gasteiger partial charge in [-0.1, -0.05) is 81.5 Å². The molecule has 32 heavy (non-hydrogen) atoms. The first kappa shape index (κ1) is 25.6. The first-order chi connectivity index (χ1) is 15.3. The second kappa shape index (κ2) is 14.4. The molecule has 0 N–H and O–H groups in total. The Bertz CT molecular complexity index is 908. The third-order valence-electron chi connectivity index (χ3n) is 5.54. The van der Waals surface area contributed by atoms with Crippen LogP contribution in [0.3, 0.4) is 0 Å². The van der Waals surface area contributed by atoms with Crippen LogP contribution in [0.1, 0.15) is 67.1 Å². The quantitative estimate of drug-likeness (QED) is 0.211. The first-order valence-corrected chi connectivity index (χ1v) is 11.5. The molecule has 0 radical (unpaired) electrons. The summed E-state index contributed by atoms with van der Waals surface area (Å²) in [7, 11) is 0. The number of aromatic nitrogens is 1. The Kier molecular flexibility index (Phi) is 11.5. The molecule has 0 aliphatic heterocycles. The molecule has 3 aromatic rings. The summed E-state index contributed by atoms with van der Waals surface area (Å²) in [6, 6.07) is 22.2. The molecule has 0 amide bonds. The summed E-state index contributed by atoms with van der Waals surface area (Å²) >= 11 is 0. The lowest BCUT2D eigenvalue weighted by atomic mass is 10.00. The van der Waals surface area contributed by atoms with Crippen molar-refractivity contribution in [3.8, 4) is 11.1 Å². The van der Waals surface area contributed by atoms with E-state index >= 15 is 0 Å². The van der Waals surface area contributed by atoms with E-state index in [4.69, 9.17) is 4.74 Å². The minimum Gasteiger partial charge on any atom is -0.462 e. The van der Waals surface area contributed by atoms with Crippen LogP contribution < -0.4 is 0 Å². The van der Waals surface area contributed by atoms with Crippen molar-refractivity contribution in [1.29, 1.82) is 0 Å². The predicted octanol–water partition coefficient (Wildman–Crippen LogP) is 7.47. The van der Waals surface area contributed by atoms with E-state index in [1.165, 1.54) is 49.7 Å². The molecular weight excluding hydrogens is 418 g/mol. The molecule has 0 saturated heterocycles. The second-order valence-corrected chi connectivity index (χ2v) is 8.00. The van der Waals surface area contributed by atoms with Crippen molar-refractivity contribution in [2.24, 2.45) is 0 Å². The topological polar surface area (TPSA) is 39.2 Å². The van der Waals surface area contributed by atoms with Crippen LogP contribution in [0.4, 0.5) is 0 Å². The highest BCUT2D eigenvalue weighted by atomic mass is 35.5. The average molecular weight is 452 g/mol. The normalized spacial score (nSPS) is 10.4. The van der Waals surface area contributed by atoms with E-state index in [1.807, 2.05) is 42.5 Å². The fraction of sp³-hybridized carbons (Fsp3) is 0.357. The number of benzene rings is 2. The first-order valence-electron chi connectivity index (χ1n) is 11.5. The number of carbonyl (C=O) groups is 1. The molecule has 4 heteroatoms. The van der Waals surface area contributed by atoms with Crippen molar-refractivity contribution in [2.45, 2.75) is 58.3 Å². The zero-order valence-corrected chi connectivity index (χ0v) is 19.8. The average Bonchev–Trinajstić information content (AvgIpc) is 2.82. The molecule has 0 unspecified atom stereocenters. The van der Waals surface area contributed by atoms with Crippen LogP contribution >= 0.6 is 12.4 Å². The Morgan fingerprint density at radius 1 is 0.781 bits per heavy atom. The van der Waals surface area contributed by atoms with Gasteiger partial charge in [0.1, 0.15) is 0 Å². The molecule has 2 aromatic carbocycles. The highest BCUT2D eigenvalue weighted by Gasteiger charge is 2.08. The van der Waals surface area contributed by atoms with E-state index < -0.39 is 0 Å². The predicted molar refractivity (Wildman–Crippen MR) is 134 cm³/mol. The number of halogens is 1. The lowest BCUT2D eigenvalue weighted by molar-refractivity contribution is 0.0508. The van der Waals surface area contributed by atoms with Gasteiger partial charge in [-0.15, -0.1) is 12.4 Å². The standard InChI is InChI=1S/C28H33NO2.ClH/c1-2-3-4-5-6-7-10-23-12-14-24(15-13-23)25-16-18-26(19-17-25)28(30)31-22-20-27-11-8-9-21-29-27;/h8-9,11-19,21H,2-7,10,20,22H2,1H3;1H. The van der Waals surface area contributed by atoms with E-state index in [0.717, 1.165) is 17.7 Å². The Balaban J connectivity index is 0.00000363. The van der Waals surface area contributed by atoms with Gasteiger partial charge in [0.25, 0.3) is 0 Å². The molecule has 0 aliphatic rings. The number of hydrogen-bond acceptors (Lipinski definition) is 3. The number of rotatable bonds is 12. The molecule has 0 saturated carbocycles. The molecule has 0 spiro atoms. The van der Waals surface area contributed by atoms with Crippen molar-refractivity contribution in [2.75, 3.05) is 6.61 Å². The maximum atomic E-state index is 12.3.